The molecular formula is C31H40F3N3O5. The summed E-state index contributed by atoms with van der Waals surface area (Å²) in [7, 11) is 0. The molecule has 230 valence electrons. The summed E-state index contributed by atoms with van der Waals surface area (Å²) >= 11 is 0. The van der Waals surface area contributed by atoms with Crippen molar-refractivity contribution in [1.82, 2.24) is 9.88 Å². The Morgan fingerprint density at radius 2 is 1.74 bits per heavy atom. The van der Waals surface area contributed by atoms with Gasteiger partial charge in [-0.25, -0.2) is 0 Å². The molecule has 2 aromatic carbocycles. The molecule has 0 radical (unpaired) electrons. The quantitative estimate of drug-likeness (QED) is 0.165. The lowest BCUT2D eigenvalue weighted by Gasteiger charge is -2.20. The maximum absolute atomic E-state index is 12.5. The largest absolute Gasteiger partial charge is 0.488 e. The van der Waals surface area contributed by atoms with Crippen molar-refractivity contribution in [3.8, 4) is 11.5 Å². The smallest absolute Gasteiger partial charge is 0.422 e. The third-order valence-electron chi connectivity index (χ3n) is 7.03. The first-order chi connectivity index (χ1) is 19.8. The predicted octanol–water partition coefficient (Wildman–Crippen LogP) is 5.65. The van der Waals surface area contributed by atoms with Crippen molar-refractivity contribution in [2.45, 2.75) is 65.7 Å². The fourth-order valence-corrected chi connectivity index (χ4v) is 4.38. The second kappa shape index (κ2) is 14.4. The van der Waals surface area contributed by atoms with E-state index in [0.717, 1.165) is 16.5 Å². The monoisotopic (exact) mass is 591 g/mol. The molecule has 1 heterocycles. The van der Waals surface area contributed by atoms with Gasteiger partial charge in [-0.3, -0.25) is 9.59 Å². The Kier molecular flexibility index (Phi) is 11.3. The fourth-order valence-electron chi connectivity index (χ4n) is 4.38. The Bertz CT molecular complexity index is 1350. The van der Waals surface area contributed by atoms with Gasteiger partial charge in [0.2, 0.25) is 0 Å². The molecule has 3 rings (SSSR count). The molecule has 0 aliphatic carbocycles. The lowest BCUT2D eigenvalue weighted by molar-refractivity contribution is -0.154. The van der Waals surface area contributed by atoms with Crippen molar-refractivity contribution in [1.29, 1.82) is 0 Å². The molecule has 0 saturated carbocycles. The Morgan fingerprint density at radius 1 is 1.05 bits per heavy atom. The number of para-hydroxylation sites is 2. The van der Waals surface area contributed by atoms with Crippen molar-refractivity contribution in [2.24, 2.45) is 11.1 Å². The SMILES string of the molecule is CCC(C)(C)C(=O)OCCCn1ccc2cc(C[C@@H](C)NCCOc3ccccc3OCC(F)(F)F)cc(C(N)=O)c21. The maximum atomic E-state index is 12.5. The first kappa shape index (κ1) is 32.8. The van der Waals surface area contributed by atoms with Crippen LogP contribution in [-0.4, -0.2) is 55.0 Å². The summed E-state index contributed by atoms with van der Waals surface area (Å²) in [4.78, 5) is 24.6. The first-order valence-corrected chi connectivity index (χ1v) is 14.0. The number of hydrogen-bond donors (Lipinski definition) is 2. The van der Waals surface area contributed by atoms with Crippen LogP contribution >= 0.6 is 0 Å². The van der Waals surface area contributed by atoms with Gasteiger partial charge < -0.3 is 29.8 Å². The number of fused-ring (bicyclic) bond motifs is 1. The van der Waals surface area contributed by atoms with Crippen LogP contribution in [0.3, 0.4) is 0 Å². The van der Waals surface area contributed by atoms with E-state index in [0.29, 0.717) is 37.9 Å². The highest BCUT2D eigenvalue weighted by molar-refractivity contribution is 6.05. The van der Waals surface area contributed by atoms with Gasteiger partial charge in [-0.15, -0.1) is 0 Å². The number of carbonyl (C=O) groups excluding carboxylic acids is 2. The van der Waals surface area contributed by atoms with Gasteiger partial charge in [-0.2, -0.15) is 13.2 Å². The number of amides is 1. The molecule has 0 fully saturated rings. The van der Waals surface area contributed by atoms with Gasteiger partial charge in [0.05, 0.1) is 23.1 Å². The highest BCUT2D eigenvalue weighted by Crippen LogP contribution is 2.28. The molecule has 0 aliphatic heterocycles. The van der Waals surface area contributed by atoms with Gasteiger partial charge >= 0.3 is 12.1 Å². The molecule has 3 N–H and O–H groups in total. The number of carbonyl (C=O) groups is 2. The normalized spacial score (nSPS) is 12.7. The average Bonchev–Trinajstić information content (AvgIpc) is 3.34. The van der Waals surface area contributed by atoms with Crippen LogP contribution in [0.5, 0.6) is 11.5 Å². The van der Waals surface area contributed by atoms with Gasteiger partial charge in [0.1, 0.15) is 6.61 Å². The maximum Gasteiger partial charge on any atom is 0.422 e. The van der Waals surface area contributed by atoms with E-state index in [9.17, 15) is 22.8 Å². The van der Waals surface area contributed by atoms with Crippen LogP contribution in [0.15, 0.2) is 48.7 Å². The van der Waals surface area contributed by atoms with Crippen LogP contribution in [-0.2, 0) is 22.5 Å². The number of halogens is 3. The third-order valence-corrected chi connectivity index (χ3v) is 7.03. The highest BCUT2D eigenvalue weighted by atomic mass is 19.4. The lowest BCUT2D eigenvalue weighted by atomic mass is 9.91. The van der Waals surface area contributed by atoms with Gasteiger partial charge in [0.15, 0.2) is 18.1 Å². The summed E-state index contributed by atoms with van der Waals surface area (Å²) in [6, 6.07) is 12.0. The van der Waals surface area contributed by atoms with Gasteiger partial charge in [-0.05, 0) is 75.9 Å². The Balaban J connectivity index is 1.55. The number of rotatable bonds is 16. The Hall–Kier alpha value is -3.73. The van der Waals surface area contributed by atoms with Crippen molar-refractivity contribution in [3.63, 3.8) is 0 Å². The number of esters is 1. The molecule has 1 atom stereocenters. The van der Waals surface area contributed by atoms with Gasteiger partial charge in [0, 0.05) is 30.7 Å². The summed E-state index contributed by atoms with van der Waals surface area (Å²) in [5.74, 6) is -0.485. The van der Waals surface area contributed by atoms with Crippen LogP contribution in [0.25, 0.3) is 10.9 Å². The van der Waals surface area contributed by atoms with E-state index >= 15 is 0 Å². The number of aromatic nitrogens is 1. The molecule has 11 heteroatoms. The number of aryl methyl sites for hydroxylation is 1. The van der Waals surface area contributed by atoms with Crippen LogP contribution in [0.1, 0.15) is 56.5 Å². The summed E-state index contributed by atoms with van der Waals surface area (Å²) in [5, 5.41) is 4.21. The summed E-state index contributed by atoms with van der Waals surface area (Å²) < 4.78 is 55.4. The number of benzene rings is 2. The highest BCUT2D eigenvalue weighted by Gasteiger charge is 2.29. The fraction of sp³-hybridized carbons (Fsp3) is 0.484. The number of nitrogens with two attached hydrogens (primary N) is 1. The van der Waals surface area contributed by atoms with E-state index in [1.165, 1.54) is 6.07 Å². The zero-order valence-corrected chi connectivity index (χ0v) is 24.6. The van der Waals surface area contributed by atoms with Crippen LogP contribution in [0.2, 0.25) is 0 Å². The number of alkyl halides is 3. The molecule has 0 unspecified atom stereocenters. The molecule has 0 aliphatic rings. The average molecular weight is 592 g/mol. The molecule has 8 nitrogen and oxygen atoms in total. The zero-order valence-electron chi connectivity index (χ0n) is 24.6. The number of nitrogens with zero attached hydrogens (tertiary/aromatic N) is 1. The van der Waals surface area contributed by atoms with E-state index in [1.54, 1.807) is 24.3 Å². The molecule has 0 bridgehead atoms. The van der Waals surface area contributed by atoms with Crippen LogP contribution in [0.4, 0.5) is 13.2 Å². The van der Waals surface area contributed by atoms with Crippen molar-refractivity contribution in [3.05, 3.63) is 59.8 Å². The molecular weight excluding hydrogens is 551 g/mol. The van der Waals surface area contributed by atoms with E-state index in [2.05, 4.69) is 5.32 Å². The minimum atomic E-state index is -4.44. The Morgan fingerprint density at radius 3 is 2.38 bits per heavy atom. The minimum absolute atomic E-state index is 0.00708. The van der Waals surface area contributed by atoms with Gasteiger partial charge in [-0.1, -0.05) is 19.1 Å². The lowest BCUT2D eigenvalue weighted by Crippen LogP contribution is -2.32. The number of hydrogen-bond acceptors (Lipinski definition) is 6. The van der Waals surface area contributed by atoms with Crippen molar-refractivity contribution in [2.75, 3.05) is 26.4 Å². The van der Waals surface area contributed by atoms with Gasteiger partial charge in [0.25, 0.3) is 5.91 Å². The molecule has 3 aromatic rings. The second-order valence-corrected chi connectivity index (χ2v) is 10.9. The standard InChI is InChI=1S/C31H40F3N3O5/c1-5-30(3,4)29(39)41-15-8-13-37-14-11-23-18-22(19-24(27(23)37)28(35)38)17-21(2)36-12-16-40-25-9-6-7-10-26(25)42-20-31(32,33)34/h6-7,9-11,14,18-19,21,36H,5,8,12-13,15-17,20H2,1-4H3,(H2,35,38)/t21-/m1/s1. The summed E-state index contributed by atoms with van der Waals surface area (Å²) in [6.07, 6.45) is -0.647. The molecule has 1 amide bonds. The van der Waals surface area contributed by atoms with E-state index in [4.69, 9.17) is 19.9 Å². The minimum Gasteiger partial charge on any atom is -0.488 e. The number of primary amides is 1. The summed E-state index contributed by atoms with van der Waals surface area (Å²) in [6.45, 7) is 7.76. The first-order valence-electron chi connectivity index (χ1n) is 14.0. The van der Waals surface area contributed by atoms with Crippen molar-refractivity contribution < 1.29 is 37.0 Å². The number of nitrogens with one attached hydrogen (secondary N) is 1. The van der Waals surface area contributed by atoms with Crippen LogP contribution in [0, 0.1) is 5.41 Å². The van der Waals surface area contributed by atoms with E-state index in [1.807, 2.05) is 50.6 Å². The molecule has 0 saturated heterocycles. The molecule has 42 heavy (non-hydrogen) atoms. The zero-order chi connectivity index (χ0) is 30.9. The summed E-state index contributed by atoms with van der Waals surface area (Å²) in [5.41, 5.74) is 7.32. The molecule has 1 aromatic heterocycles. The second-order valence-electron chi connectivity index (χ2n) is 10.9. The predicted molar refractivity (Wildman–Crippen MR) is 155 cm³/mol. The van der Waals surface area contributed by atoms with E-state index < -0.39 is 24.1 Å². The van der Waals surface area contributed by atoms with Crippen molar-refractivity contribution >= 4 is 22.8 Å². The third kappa shape index (κ3) is 9.40. The Labute approximate surface area is 244 Å². The van der Waals surface area contributed by atoms with E-state index in [-0.39, 0.29) is 36.7 Å². The topological polar surface area (TPSA) is 105 Å². The van der Waals surface area contributed by atoms with Crippen LogP contribution < -0.4 is 20.5 Å². The number of ether oxygens (including phenoxy) is 3. The molecule has 0 spiro atoms.